The van der Waals surface area contributed by atoms with Gasteiger partial charge in [0.1, 0.15) is 0 Å². The summed E-state index contributed by atoms with van der Waals surface area (Å²) in [5.74, 6) is -0.569. The average molecular weight is 235 g/mol. The van der Waals surface area contributed by atoms with Crippen LogP contribution >= 0.6 is 0 Å². The summed E-state index contributed by atoms with van der Waals surface area (Å²) in [6, 6.07) is 8.22. The van der Waals surface area contributed by atoms with E-state index in [1.165, 1.54) is 5.56 Å². The second-order valence-corrected chi connectivity index (χ2v) is 4.55. The molecule has 0 saturated heterocycles. The number of hydrogen-bond donors (Lipinski definition) is 2. The van der Waals surface area contributed by atoms with Crippen LogP contribution < -0.4 is 5.32 Å². The molecule has 3 heteroatoms. The first-order chi connectivity index (χ1) is 8.04. The quantitative estimate of drug-likeness (QED) is 0.795. The highest BCUT2D eigenvalue weighted by Crippen LogP contribution is 2.20. The van der Waals surface area contributed by atoms with Crippen LogP contribution in [0.1, 0.15) is 38.7 Å². The average Bonchev–Trinajstić information content (AvgIpc) is 2.35. The third kappa shape index (κ3) is 4.10. The van der Waals surface area contributed by atoms with Crippen molar-refractivity contribution in [1.82, 2.24) is 0 Å². The van der Waals surface area contributed by atoms with E-state index < -0.39 is 5.97 Å². The number of aliphatic carboxylic acids is 1. The molecule has 0 spiro atoms. The second-order valence-electron chi connectivity index (χ2n) is 4.55. The summed E-state index contributed by atoms with van der Waals surface area (Å²) < 4.78 is 0. The molecule has 0 heterocycles. The van der Waals surface area contributed by atoms with Gasteiger partial charge in [0.15, 0.2) is 0 Å². The van der Waals surface area contributed by atoms with Crippen LogP contribution in [0.4, 0.5) is 5.69 Å². The van der Waals surface area contributed by atoms with Gasteiger partial charge in [0.05, 0.1) is 5.92 Å². The van der Waals surface area contributed by atoms with Crippen LogP contribution in [-0.2, 0) is 4.79 Å². The third-order valence-corrected chi connectivity index (χ3v) is 3.13. The number of carboxylic acid groups (broad SMARTS) is 1. The summed E-state index contributed by atoms with van der Waals surface area (Å²) in [6.07, 6.45) is 1.13. The number of benzene rings is 1. The zero-order chi connectivity index (χ0) is 12.8. The van der Waals surface area contributed by atoms with Gasteiger partial charge < -0.3 is 10.4 Å². The van der Waals surface area contributed by atoms with Gasteiger partial charge >= 0.3 is 5.97 Å². The van der Waals surface area contributed by atoms with Gasteiger partial charge in [0.25, 0.3) is 0 Å². The molecule has 0 saturated carbocycles. The molecule has 0 radical (unpaired) electrons. The van der Waals surface area contributed by atoms with Crippen molar-refractivity contribution in [3.8, 4) is 0 Å². The van der Waals surface area contributed by atoms with E-state index in [-0.39, 0.29) is 5.92 Å². The molecule has 0 amide bonds. The van der Waals surface area contributed by atoms with Crippen molar-refractivity contribution in [2.45, 2.75) is 33.1 Å². The molecular weight excluding hydrogens is 214 g/mol. The molecule has 17 heavy (non-hydrogen) atoms. The first-order valence-electron chi connectivity index (χ1n) is 6.11. The van der Waals surface area contributed by atoms with Gasteiger partial charge in [-0.25, -0.2) is 0 Å². The van der Waals surface area contributed by atoms with E-state index in [0.717, 1.165) is 12.1 Å². The molecule has 0 aliphatic rings. The summed E-state index contributed by atoms with van der Waals surface area (Å²) in [4.78, 5) is 10.7. The minimum Gasteiger partial charge on any atom is -0.481 e. The van der Waals surface area contributed by atoms with Gasteiger partial charge in [-0.3, -0.25) is 4.79 Å². The van der Waals surface area contributed by atoms with Crippen molar-refractivity contribution in [3.63, 3.8) is 0 Å². The number of hydrogen-bond acceptors (Lipinski definition) is 2. The molecule has 2 atom stereocenters. The Morgan fingerprint density at radius 3 is 2.35 bits per heavy atom. The van der Waals surface area contributed by atoms with Gasteiger partial charge in [-0.05, 0) is 30.0 Å². The maximum absolute atomic E-state index is 10.7. The smallest absolute Gasteiger partial charge is 0.308 e. The Morgan fingerprint density at radius 1 is 1.29 bits per heavy atom. The van der Waals surface area contributed by atoms with E-state index in [2.05, 4.69) is 31.3 Å². The zero-order valence-corrected chi connectivity index (χ0v) is 10.7. The molecule has 2 unspecified atom stereocenters. The van der Waals surface area contributed by atoms with E-state index in [4.69, 9.17) is 5.11 Å². The maximum atomic E-state index is 10.7. The first kappa shape index (κ1) is 13.6. The molecular formula is C14H21NO2. The monoisotopic (exact) mass is 235 g/mol. The van der Waals surface area contributed by atoms with Crippen molar-refractivity contribution < 1.29 is 9.90 Å². The number of carboxylic acids is 1. The highest BCUT2D eigenvalue weighted by Gasteiger charge is 2.10. The predicted octanol–water partition coefficient (Wildman–Crippen LogP) is 3.33. The van der Waals surface area contributed by atoms with Crippen LogP contribution in [0.2, 0.25) is 0 Å². The molecule has 1 rings (SSSR count). The standard InChI is InChI=1S/C14H21NO2/c1-4-10(2)12-5-7-13(8-6-12)15-9-11(3)14(16)17/h5-8,10-11,15H,4,9H2,1-3H3,(H,16,17). The topological polar surface area (TPSA) is 49.3 Å². The molecule has 0 aliphatic carbocycles. The molecule has 94 valence electrons. The SMILES string of the molecule is CCC(C)c1ccc(NCC(C)C(=O)O)cc1. The van der Waals surface area contributed by atoms with E-state index in [9.17, 15) is 4.79 Å². The lowest BCUT2D eigenvalue weighted by Crippen LogP contribution is -2.19. The van der Waals surface area contributed by atoms with Crippen LogP contribution in [0.15, 0.2) is 24.3 Å². The molecule has 0 aromatic heterocycles. The minimum absolute atomic E-state index is 0.371. The van der Waals surface area contributed by atoms with Gasteiger partial charge in [-0.2, -0.15) is 0 Å². The molecule has 3 nitrogen and oxygen atoms in total. The van der Waals surface area contributed by atoms with Crippen molar-refractivity contribution in [1.29, 1.82) is 0 Å². The van der Waals surface area contributed by atoms with Crippen molar-refractivity contribution in [2.75, 3.05) is 11.9 Å². The second kappa shape index (κ2) is 6.28. The molecule has 1 aromatic rings. The predicted molar refractivity (Wildman–Crippen MR) is 70.4 cm³/mol. The van der Waals surface area contributed by atoms with Gasteiger partial charge in [0.2, 0.25) is 0 Å². The Bertz CT molecular complexity index is 359. The molecule has 0 aliphatic heterocycles. The van der Waals surface area contributed by atoms with E-state index in [1.54, 1.807) is 6.92 Å². The lowest BCUT2D eigenvalue weighted by Gasteiger charge is -2.12. The summed E-state index contributed by atoms with van der Waals surface area (Å²) in [5, 5.41) is 11.9. The Balaban J connectivity index is 2.54. The Morgan fingerprint density at radius 2 is 1.88 bits per heavy atom. The van der Waals surface area contributed by atoms with E-state index >= 15 is 0 Å². The Labute approximate surface area is 103 Å². The normalized spacial score (nSPS) is 14.1. The van der Waals surface area contributed by atoms with Crippen LogP contribution in [0, 0.1) is 5.92 Å². The van der Waals surface area contributed by atoms with Crippen molar-refractivity contribution in [3.05, 3.63) is 29.8 Å². The Hall–Kier alpha value is -1.51. The third-order valence-electron chi connectivity index (χ3n) is 3.13. The number of rotatable bonds is 6. The zero-order valence-electron chi connectivity index (χ0n) is 10.7. The highest BCUT2D eigenvalue weighted by atomic mass is 16.4. The fourth-order valence-electron chi connectivity index (χ4n) is 1.52. The van der Waals surface area contributed by atoms with Crippen LogP contribution in [0.25, 0.3) is 0 Å². The lowest BCUT2D eigenvalue weighted by atomic mass is 9.98. The summed E-state index contributed by atoms with van der Waals surface area (Å²) in [5.41, 5.74) is 2.30. The molecule has 1 aromatic carbocycles. The van der Waals surface area contributed by atoms with Crippen molar-refractivity contribution in [2.24, 2.45) is 5.92 Å². The summed E-state index contributed by atoms with van der Waals surface area (Å²) in [7, 11) is 0. The van der Waals surface area contributed by atoms with Crippen LogP contribution in [0.5, 0.6) is 0 Å². The molecule has 2 N–H and O–H groups in total. The summed E-state index contributed by atoms with van der Waals surface area (Å²) >= 11 is 0. The van der Waals surface area contributed by atoms with E-state index in [0.29, 0.717) is 12.5 Å². The highest BCUT2D eigenvalue weighted by molar-refractivity contribution is 5.70. The lowest BCUT2D eigenvalue weighted by molar-refractivity contribution is -0.140. The van der Waals surface area contributed by atoms with Crippen molar-refractivity contribution >= 4 is 11.7 Å². The van der Waals surface area contributed by atoms with Crippen LogP contribution in [0.3, 0.4) is 0 Å². The Kier molecular flexibility index (Phi) is 5.01. The van der Waals surface area contributed by atoms with E-state index in [1.807, 2.05) is 12.1 Å². The van der Waals surface area contributed by atoms with Gasteiger partial charge in [-0.1, -0.05) is 32.9 Å². The van der Waals surface area contributed by atoms with Gasteiger partial charge in [0, 0.05) is 12.2 Å². The largest absolute Gasteiger partial charge is 0.481 e. The minimum atomic E-state index is -0.770. The summed E-state index contributed by atoms with van der Waals surface area (Å²) in [6.45, 7) is 6.53. The first-order valence-corrected chi connectivity index (χ1v) is 6.11. The van der Waals surface area contributed by atoms with Crippen LogP contribution in [-0.4, -0.2) is 17.6 Å². The maximum Gasteiger partial charge on any atom is 0.308 e. The fraction of sp³-hybridized carbons (Fsp3) is 0.500. The molecule has 0 bridgehead atoms. The molecule has 0 fully saturated rings. The number of nitrogens with one attached hydrogen (secondary N) is 1. The van der Waals surface area contributed by atoms with Gasteiger partial charge in [-0.15, -0.1) is 0 Å². The number of anilines is 1. The number of carbonyl (C=O) groups is 1. The fourth-order valence-corrected chi connectivity index (χ4v) is 1.52.